The molecule has 0 heterocycles. The molecular weight excluding hydrogens is 358 g/mol. The van der Waals surface area contributed by atoms with Crippen LogP contribution in [0.25, 0.3) is 0 Å². The van der Waals surface area contributed by atoms with E-state index < -0.39 is 5.72 Å². The van der Waals surface area contributed by atoms with E-state index in [9.17, 15) is 0 Å². The molecule has 6 atom stereocenters. The van der Waals surface area contributed by atoms with Gasteiger partial charge < -0.3 is 15.2 Å². The van der Waals surface area contributed by atoms with Crippen LogP contribution in [0.15, 0.2) is 0 Å². The van der Waals surface area contributed by atoms with Gasteiger partial charge in [0.1, 0.15) is 5.72 Å². The third-order valence-corrected chi connectivity index (χ3v) is 8.86. The van der Waals surface area contributed by atoms with E-state index in [1.54, 1.807) is 0 Å². The number of rotatable bonds is 12. The molecular formula is C26H53NO2. The lowest BCUT2D eigenvalue weighted by atomic mass is 9.69. The van der Waals surface area contributed by atoms with Gasteiger partial charge in [0.05, 0.1) is 18.8 Å². The zero-order valence-electron chi connectivity index (χ0n) is 22.0. The number of hydrogen-bond donors (Lipinski definition) is 1. The third kappa shape index (κ3) is 6.68. The molecule has 0 aromatic rings. The van der Waals surface area contributed by atoms with E-state index in [0.29, 0.717) is 23.9 Å². The molecule has 3 heteroatoms. The van der Waals surface area contributed by atoms with Gasteiger partial charge in [-0.1, -0.05) is 69.2 Å². The second kappa shape index (κ2) is 9.17. The van der Waals surface area contributed by atoms with Gasteiger partial charge in [0.15, 0.2) is 0 Å². The first-order valence-corrected chi connectivity index (χ1v) is 11.9. The van der Waals surface area contributed by atoms with Crippen LogP contribution in [0.4, 0.5) is 0 Å². The molecule has 1 rings (SSSR count). The van der Waals surface area contributed by atoms with Crippen LogP contribution in [-0.4, -0.2) is 24.5 Å². The molecule has 1 saturated carbocycles. The van der Waals surface area contributed by atoms with Crippen molar-refractivity contribution in [3.05, 3.63) is 0 Å². The molecule has 29 heavy (non-hydrogen) atoms. The lowest BCUT2D eigenvalue weighted by Crippen LogP contribution is -2.49. The molecule has 0 aromatic carbocycles. The molecule has 1 aliphatic carbocycles. The summed E-state index contributed by atoms with van der Waals surface area (Å²) >= 11 is 0. The van der Waals surface area contributed by atoms with Crippen molar-refractivity contribution >= 4 is 0 Å². The van der Waals surface area contributed by atoms with Crippen LogP contribution >= 0.6 is 0 Å². The quantitative estimate of drug-likeness (QED) is 0.361. The van der Waals surface area contributed by atoms with E-state index in [0.717, 1.165) is 24.4 Å². The summed E-state index contributed by atoms with van der Waals surface area (Å²) in [6.07, 6.45) is 1.30. The lowest BCUT2D eigenvalue weighted by molar-refractivity contribution is -0.131. The largest absolute Gasteiger partial charge is 0.375 e. The molecule has 6 unspecified atom stereocenters. The summed E-state index contributed by atoms with van der Waals surface area (Å²) in [6, 6.07) is 0. The van der Waals surface area contributed by atoms with Crippen LogP contribution in [0, 0.1) is 46.3 Å². The van der Waals surface area contributed by atoms with Crippen LogP contribution in [0.3, 0.4) is 0 Å². The number of ether oxygens (including phenoxy) is 2. The van der Waals surface area contributed by atoms with Crippen LogP contribution < -0.4 is 5.73 Å². The highest BCUT2D eigenvalue weighted by Crippen LogP contribution is 2.58. The molecule has 0 aliphatic heterocycles. The standard InChI is InChI=1S/C26H53NO2/c1-17(2)19(5)22-14-25(22,12)16-28-24(10,11)21(7)20(6)23(8,9)15-29-26(13,27)18(3)4/h17-22H,14-16,27H2,1-13H3. The van der Waals surface area contributed by atoms with E-state index in [4.69, 9.17) is 15.2 Å². The number of nitrogens with two attached hydrogens (primary N) is 1. The van der Waals surface area contributed by atoms with Gasteiger partial charge in [0, 0.05) is 0 Å². The Morgan fingerprint density at radius 1 is 0.897 bits per heavy atom. The maximum atomic E-state index is 6.61. The Morgan fingerprint density at radius 3 is 1.86 bits per heavy atom. The van der Waals surface area contributed by atoms with Gasteiger partial charge in [-0.05, 0) is 73.5 Å². The average Bonchev–Trinajstić information content (AvgIpc) is 3.28. The Balaban J connectivity index is 2.69. The minimum atomic E-state index is -0.588. The van der Waals surface area contributed by atoms with E-state index in [1.807, 2.05) is 6.92 Å². The predicted octanol–water partition coefficient (Wildman–Crippen LogP) is 6.75. The third-order valence-electron chi connectivity index (χ3n) is 8.86. The van der Waals surface area contributed by atoms with Crippen molar-refractivity contribution < 1.29 is 9.47 Å². The Bertz CT molecular complexity index is 523. The van der Waals surface area contributed by atoms with Crippen molar-refractivity contribution in [3.63, 3.8) is 0 Å². The number of hydrogen-bond acceptors (Lipinski definition) is 3. The summed E-state index contributed by atoms with van der Waals surface area (Å²) in [4.78, 5) is 0. The average molecular weight is 412 g/mol. The van der Waals surface area contributed by atoms with Crippen molar-refractivity contribution in [3.8, 4) is 0 Å². The molecule has 0 radical (unpaired) electrons. The van der Waals surface area contributed by atoms with Crippen LogP contribution in [-0.2, 0) is 9.47 Å². The van der Waals surface area contributed by atoms with Crippen LogP contribution in [0.1, 0.15) is 96.4 Å². The van der Waals surface area contributed by atoms with Crippen molar-refractivity contribution in [1.82, 2.24) is 0 Å². The molecule has 0 saturated heterocycles. The Kier molecular flexibility index (Phi) is 8.51. The SMILES string of the molecule is CC(C)C(C)C1CC1(C)COC(C)(C)C(C)C(C)C(C)(C)COC(C)(N)C(C)C. The zero-order valence-corrected chi connectivity index (χ0v) is 22.0. The minimum Gasteiger partial charge on any atom is -0.375 e. The highest BCUT2D eigenvalue weighted by Gasteiger charge is 2.54. The topological polar surface area (TPSA) is 44.5 Å². The van der Waals surface area contributed by atoms with Gasteiger partial charge in [0.2, 0.25) is 0 Å². The van der Waals surface area contributed by atoms with E-state index >= 15 is 0 Å². The molecule has 1 aliphatic rings. The van der Waals surface area contributed by atoms with E-state index in [2.05, 4.69) is 83.1 Å². The normalized spacial score (nSPS) is 28.3. The fraction of sp³-hybridized carbons (Fsp3) is 1.00. The summed E-state index contributed by atoms with van der Waals surface area (Å²) in [5, 5.41) is 0. The first-order chi connectivity index (χ1) is 12.9. The van der Waals surface area contributed by atoms with Gasteiger partial charge in [0.25, 0.3) is 0 Å². The Labute approximate surface area is 182 Å². The zero-order chi connectivity index (χ0) is 23.0. The molecule has 174 valence electrons. The van der Waals surface area contributed by atoms with Crippen LogP contribution in [0.2, 0.25) is 0 Å². The van der Waals surface area contributed by atoms with Crippen molar-refractivity contribution in [2.24, 2.45) is 52.1 Å². The first kappa shape index (κ1) is 26.9. The summed E-state index contributed by atoms with van der Waals surface area (Å²) in [5.41, 5.74) is 5.96. The molecule has 2 N–H and O–H groups in total. The summed E-state index contributed by atoms with van der Waals surface area (Å²) < 4.78 is 12.8. The van der Waals surface area contributed by atoms with Crippen LogP contribution in [0.5, 0.6) is 0 Å². The molecule has 0 aromatic heterocycles. The molecule has 3 nitrogen and oxygen atoms in total. The second-order valence-corrected chi connectivity index (χ2v) is 12.7. The summed E-state index contributed by atoms with van der Waals surface area (Å²) in [5.74, 6) is 3.45. The first-order valence-electron chi connectivity index (χ1n) is 11.9. The Hall–Kier alpha value is -0.120. The molecule has 1 fully saturated rings. The van der Waals surface area contributed by atoms with Gasteiger partial charge >= 0.3 is 0 Å². The highest BCUT2D eigenvalue weighted by molar-refractivity contribution is 5.02. The fourth-order valence-corrected chi connectivity index (χ4v) is 4.30. The summed E-state index contributed by atoms with van der Waals surface area (Å²) in [7, 11) is 0. The van der Waals surface area contributed by atoms with Crippen molar-refractivity contribution in [2.75, 3.05) is 13.2 Å². The fourth-order valence-electron chi connectivity index (χ4n) is 4.30. The second-order valence-electron chi connectivity index (χ2n) is 12.7. The summed E-state index contributed by atoms with van der Waals surface area (Å²) in [6.45, 7) is 31.0. The molecule has 0 bridgehead atoms. The minimum absolute atomic E-state index is 0.0216. The van der Waals surface area contributed by atoms with E-state index in [1.165, 1.54) is 6.42 Å². The van der Waals surface area contributed by atoms with Gasteiger partial charge in [-0.3, -0.25) is 0 Å². The van der Waals surface area contributed by atoms with Crippen molar-refractivity contribution in [2.45, 2.75) is 108 Å². The maximum absolute atomic E-state index is 6.61. The predicted molar refractivity (Wildman–Crippen MR) is 126 cm³/mol. The monoisotopic (exact) mass is 411 g/mol. The van der Waals surface area contributed by atoms with Gasteiger partial charge in [-0.15, -0.1) is 0 Å². The molecule has 0 amide bonds. The lowest BCUT2D eigenvalue weighted by Gasteiger charge is -2.44. The van der Waals surface area contributed by atoms with Gasteiger partial charge in [-0.2, -0.15) is 0 Å². The molecule has 0 spiro atoms. The van der Waals surface area contributed by atoms with Gasteiger partial charge in [-0.25, -0.2) is 0 Å². The maximum Gasteiger partial charge on any atom is 0.116 e. The Morgan fingerprint density at radius 2 is 1.41 bits per heavy atom. The van der Waals surface area contributed by atoms with Crippen molar-refractivity contribution in [1.29, 1.82) is 0 Å². The smallest absolute Gasteiger partial charge is 0.116 e. The van der Waals surface area contributed by atoms with E-state index in [-0.39, 0.29) is 16.9 Å². The highest BCUT2D eigenvalue weighted by atomic mass is 16.5.